The molecule has 4 saturated heterocycles. The second kappa shape index (κ2) is 5.17. The highest BCUT2D eigenvalue weighted by Gasteiger charge is 2.69. The van der Waals surface area contributed by atoms with Gasteiger partial charge in [0.1, 0.15) is 5.60 Å². The van der Waals surface area contributed by atoms with Gasteiger partial charge in [-0.1, -0.05) is 13.3 Å². The lowest BCUT2D eigenvalue weighted by Gasteiger charge is -2.56. The molecule has 5 rings (SSSR count). The molecule has 4 heterocycles. The Hall–Kier alpha value is -0.200. The Morgan fingerprint density at radius 1 is 1.29 bits per heavy atom. The number of methoxy groups -OCH3 is 1. The molecule has 0 amide bonds. The summed E-state index contributed by atoms with van der Waals surface area (Å²) in [6.07, 6.45) is 3.79. The molecule has 7 atom stereocenters. The second-order valence-corrected chi connectivity index (χ2v) is 7.32. The summed E-state index contributed by atoms with van der Waals surface area (Å²) in [5.74, 6) is 0.940. The zero-order valence-electron chi connectivity index (χ0n) is 13.0. The molecule has 1 aliphatic carbocycles. The van der Waals surface area contributed by atoms with Gasteiger partial charge in [-0.3, -0.25) is 0 Å². The van der Waals surface area contributed by atoms with Crippen LogP contribution in [0.5, 0.6) is 0 Å². The average molecular weight is 297 g/mol. The largest absolute Gasteiger partial charge is 0.390 e. The summed E-state index contributed by atoms with van der Waals surface area (Å²) in [5, 5.41) is 10.8. The van der Waals surface area contributed by atoms with Gasteiger partial charge in [0.25, 0.3) is 0 Å². The van der Waals surface area contributed by atoms with Crippen LogP contribution < -0.4 is 0 Å². The first-order chi connectivity index (χ1) is 10.2. The van der Waals surface area contributed by atoms with Crippen molar-refractivity contribution in [2.24, 2.45) is 17.8 Å². The molecule has 21 heavy (non-hydrogen) atoms. The average Bonchev–Trinajstić information content (AvgIpc) is 2.75. The summed E-state index contributed by atoms with van der Waals surface area (Å²) in [4.78, 5) is 2.47. The van der Waals surface area contributed by atoms with Crippen molar-refractivity contribution in [2.45, 2.75) is 56.9 Å². The maximum absolute atomic E-state index is 10.8. The van der Waals surface area contributed by atoms with E-state index in [9.17, 15) is 5.11 Å². The fourth-order valence-electron chi connectivity index (χ4n) is 5.13. The Bertz CT molecular complexity index is 400. The van der Waals surface area contributed by atoms with Crippen LogP contribution in [0.1, 0.15) is 32.6 Å². The first kappa shape index (κ1) is 14.4. The predicted octanol–water partition coefficient (Wildman–Crippen LogP) is 1.20. The minimum absolute atomic E-state index is 0.152. The van der Waals surface area contributed by atoms with Crippen molar-refractivity contribution < 1.29 is 19.3 Å². The normalized spacial score (nSPS) is 53.3. The Morgan fingerprint density at radius 3 is 2.76 bits per heavy atom. The zero-order chi connectivity index (χ0) is 14.6. The van der Waals surface area contributed by atoms with Crippen molar-refractivity contribution in [3.8, 4) is 0 Å². The van der Waals surface area contributed by atoms with E-state index in [2.05, 4.69) is 11.8 Å². The van der Waals surface area contributed by atoms with E-state index in [1.54, 1.807) is 7.11 Å². The second-order valence-electron chi connectivity index (χ2n) is 7.32. The molecule has 0 aromatic carbocycles. The third kappa shape index (κ3) is 2.01. The van der Waals surface area contributed by atoms with Crippen LogP contribution in [0.15, 0.2) is 0 Å². The summed E-state index contributed by atoms with van der Waals surface area (Å²) in [6.45, 7) is 5.24. The predicted molar refractivity (Wildman–Crippen MR) is 76.5 cm³/mol. The molecular formula is C16H27NO4. The van der Waals surface area contributed by atoms with Crippen LogP contribution in [0.25, 0.3) is 0 Å². The summed E-state index contributed by atoms with van der Waals surface area (Å²) in [5.41, 5.74) is -0.488. The van der Waals surface area contributed by atoms with Gasteiger partial charge in [-0.2, -0.15) is 0 Å². The van der Waals surface area contributed by atoms with Gasteiger partial charge < -0.3 is 24.2 Å². The number of nitrogens with zero attached hydrogens (tertiary/aromatic N) is 1. The maximum atomic E-state index is 10.8. The van der Waals surface area contributed by atoms with Crippen molar-refractivity contribution in [2.75, 3.05) is 26.7 Å². The van der Waals surface area contributed by atoms with E-state index in [0.717, 1.165) is 26.1 Å². The quantitative estimate of drug-likeness (QED) is 0.848. The fourth-order valence-corrected chi connectivity index (χ4v) is 5.13. The summed E-state index contributed by atoms with van der Waals surface area (Å²) >= 11 is 0. The van der Waals surface area contributed by atoms with Crippen molar-refractivity contribution in [1.29, 1.82) is 0 Å². The molecule has 0 aromatic heterocycles. The lowest BCUT2D eigenvalue weighted by Crippen LogP contribution is -2.68. The van der Waals surface area contributed by atoms with E-state index in [0.29, 0.717) is 11.8 Å². The molecule has 1 N–H and O–H groups in total. The number of piperidine rings is 1. The SMILES string of the molecule is COC1O[C@@H]2OC3(CN4CCCCC4)C(O)C[C@@H]([C@H]2C)[C@@H]13. The number of aliphatic hydroxyl groups excluding tert-OH is 1. The molecule has 5 aliphatic rings. The van der Waals surface area contributed by atoms with Crippen LogP contribution in [0.2, 0.25) is 0 Å². The zero-order valence-corrected chi connectivity index (χ0v) is 13.0. The minimum atomic E-state index is -0.488. The van der Waals surface area contributed by atoms with Crippen molar-refractivity contribution >= 4 is 0 Å². The van der Waals surface area contributed by atoms with Gasteiger partial charge in [-0.05, 0) is 38.3 Å². The number of hydrogen-bond donors (Lipinski definition) is 1. The molecule has 3 unspecified atom stereocenters. The van der Waals surface area contributed by atoms with Gasteiger partial charge in [0.2, 0.25) is 0 Å². The molecule has 0 aromatic rings. The van der Waals surface area contributed by atoms with Gasteiger partial charge in [0.15, 0.2) is 12.6 Å². The number of aliphatic hydroxyl groups is 1. The first-order valence-corrected chi connectivity index (χ1v) is 8.42. The monoisotopic (exact) mass is 297 g/mol. The molecule has 1 saturated carbocycles. The van der Waals surface area contributed by atoms with Crippen LogP contribution in [-0.4, -0.2) is 61.0 Å². The van der Waals surface area contributed by atoms with E-state index in [4.69, 9.17) is 14.2 Å². The van der Waals surface area contributed by atoms with E-state index in [1.165, 1.54) is 19.3 Å². The summed E-state index contributed by atoms with van der Waals surface area (Å²) in [7, 11) is 1.70. The van der Waals surface area contributed by atoms with Gasteiger partial charge in [-0.15, -0.1) is 0 Å². The van der Waals surface area contributed by atoms with Crippen LogP contribution in [0, 0.1) is 17.8 Å². The molecule has 5 fully saturated rings. The number of hydrogen-bond acceptors (Lipinski definition) is 5. The highest BCUT2D eigenvalue weighted by Crippen LogP contribution is 2.58. The van der Waals surface area contributed by atoms with Crippen LogP contribution in [0.4, 0.5) is 0 Å². The van der Waals surface area contributed by atoms with Gasteiger partial charge >= 0.3 is 0 Å². The van der Waals surface area contributed by atoms with E-state index in [1.807, 2.05) is 0 Å². The third-order valence-corrected chi connectivity index (χ3v) is 6.24. The number of rotatable bonds is 3. The topological polar surface area (TPSA) is 51.2 Å². The molecular weight excluding hydrogens is 270 g/mol. The highest BCUT2D eigenvalue weighted by atomic mass is 16.8. The molecule has 120 valence electrons. The van der Waals surface area contributed by atoms with E-state index in [-0.39, 0.29) is 18.5 Å². The summed E-state index contributed by atoms with van der Waals surface area (Å²) in [6, 6.07) is 0. The summed E-state index contributed by atoms with van der Waals surface area (Å²) < 4.78 is 17.8. The Morgan fingerprint density at radius 2 is 2.05 bits per heavy atom. The number of likely N-dealkylation sites (tertiary alicyclic amines) is 1. The van der Waals surface area contributed by atoms with Gasteiger partial charge in [-0.25, -0.2) is 0 Å². The molecule has 5 heteroatoms. The first-order valence-electron chi connectivity index (χ1n) is 8.42. The third-order valence-electron chi connectivity index (χ3n) is 6.24. The fraction of sp³-hybridized carbons (Fsp3) is 1.00. The maximum Gasteiger partial charge on any atom is 0.166 e. The lowest BCUT2D eigenvalue weighted by molar-refractivity contribution is -0.410. The highest BCUT2D eigenvalue weighted by molar-refractivity contribution is 5.13. The smallest absolute Gasteiger partial charge is 0.166 e. The lowest BCUT2D eigenvalue weighted by atomic mass is 9.73. The minimum Gasteiger partial charge on any atom is -0.390 e. The molecule has 0 spiro atoms. The Balaban J connectivity index is 1.62. The Labute approximate surface area is 126 Å². The number of ether oxygens (including phenoxy) is 3. The molecule has 5 nitrogen and oxygen atoms in total. The number of fused-ring (bicyclic) bond motifs is 1. The van der Waals surface area contributed by atoms with Crippen molar-refractivity contribution in [1.82, 2.24) is 4.90 Å². The van der Waals surface area contributed by atoms with E-state index >= 15 is 0 Å². The van der Waals surface area contributed by atoms with Crippen molar-refractivity contribution in [3.05, 3.63) is 0 Å². The Kier molecular flexibility index (Phi) is 3.54. The molecule has 4 aliphatic heterocycles. The van der Waals surface area contributed by atoms with Crippen molar-refractivity contribution in [3.63, 3.8) is 0 Å². The van der Waals surface area contributed by atoms with Crippen LogP contribution in [0.3, 0.4) is 0 Å². The van der Waals surface area contributed by atoms with Crippen LogP contribution >= 0.6 is 0 Å². The van der Waals surface area contributed by atoms with Crippen LogP contribution in [-0.2, 0) is 14.2 Å². The molecule has 0 radical (unpaired) electrons. The van der Waals surface area contributed by atoms with Gasteiger partial charge in [0.05, 0.1) is 6.10 Å². The van der Waals surface area contributed by atoms with E-state index < -0.39 is 11.7 Å². The van der Waals surface area contributed by atoms with Gasteiger partial charge in [0, 0.05) is 25.5 Å². The standard InChI is InChI=1S/C16H27NO4/c1-10-11-8-12(18)16(9-17-6-4-3-5-7-17)13(11)15(19-2)20-14(10)21-16/h10-15,18H,3-9H2,1-2H3/t10-,11+,12?,13+,14-,15?,16?/m1/s1. The molecule has 4 bridgehead atoms.